The zero-order valence-corrected chi connectivity index (χ0v) is 38.6. The summed E-state index contributed by atoms with van der Waals surface area (Å²) >= 11 is 0. The zero-order valence-electron chi connectivity index (χ0n) is 36.9. The van der Waals surface area contributed by atoms with Gasteiger partial charge in [-0.05, 0) is 132 Å². The van der Waals surface area contributed by atoms with Gasteiger partial charge >= 0.3 is 0 Å². The lowest BCUT2D eigenvalue weighted by atomic mass is 10.0. The molecule has 1 fully saturated rings. The van der Waals surface area contributed by atoms with Crippen molar-refractivity contribution >= 4 is 19.9 Å². The Morgan fingerprint density at radius 2 is 1.37 bits per heavy atom. The van der Waals surface area contributed by atoms with Gasteiger partial charge in [-0.1, -0.05) is 46.7 Å². The number of aromatic nitrogens is 4. The van der Waals surface area contributed by atoms with Gasteiger partial charge < -0.3 is 29.2 Å². The number of benzene rings is 4. The molecule has 340 valence electrons. The minimum atomic E-state index is -3.50. The maximum Gasteiger partial charge on any atom is 0.258 e. The molecule has 0 amide bonds. The fourth-order valence-corrected chi connectivity index (χ4v) is 10.4. The van der Waals surface area contributed by atoms with Gasteiger partial charge in [0.15, 0.2) is 9.84 Å². The number of hydrogen-bond acceptors (Lipinski definition) is 15. The molecule has 1 aliphatic heterocycles. The average Bonchev–Trinajstić information content (AvgIpc) is 4.08. The molecule has 6 aromatic rings. The topological polar surface area (TPSA) is 230 Å². The number of sulfonamides is 1. The van der Waals surface area contributed by atoms with E-state index in [-0.39, 0.29) is 40.8 Å². The number of fused-ring (bicyclic) bond motifs is 2. The molecule has 0 saturated carbocycles. The molecule has 9 rings (SSSR count). The predicted octanol–water partition coefficient (Wildman–Crippen LogP) is 7.22. The number of nitriles is 1. The highest BCUT2D eigenvalue weighted by molar-refractivity contribution is 7.90. The number of ether oxygens (including phenoxy) is 2. The van der Waals surface area contributed by atoms with Gasteiger partial charge in [0.1, 0.15) is 22.5 Å². The number of nitrogens with one attached hydrogen (secondary N) is 1. The Morgan fingerprint density at radius 3 is 1.95 bits per heavy atom. The molecular weight excluding hydrogens is 869 g/mol. The summed E-state index contributed by atoms with van der Waals surface area (Å²) in [5, 5.41) is 17.8. The molecule has 0 radical (unpaired) electrons. The van der Waals surface area contributed by atoms with Crippen LogP contribution < -0.4 is 19.9 Å². The highest BCUT2D eigenvalue weighted by atomic mass is 32.2. The van der Waals surface area contributed by atoms with Crippen LogP contribution in [-0.4, -0.2) is 85.9 Å². The van der Waals surface area contributed by atoms with Crippen LogP contribution in [-0.2, 0) is 32.7 Å². The molecule has 65 heavy (non-hydrogen) atoms. The highest BCUT2D eigenvalue weighted by Crippen LogP contribution is 2.39. The van der Waals surface area contributed by atoms with Gasteiger partial charge in [0.2, 0.25) is 21.7 Å². The molecule has 2 aromatic heterocycles. The minimum absolute atomic E-state index is 0.0298. The van der Waals surface area contributed by atoms with Gasteiger partial charge in [0, 0.05) is 47.1 Å². The van der Waals surface area contributed by atoms with Crippen molar-refractivity contribution in [2.75, 3.05) is 31.6 Å². The van der Waals surface area contributed by atoms with Crippen molar-refractivity contribution in [3.05, 3.63) is 101 Å². The van der Waals surface area contributed by atoms with Crippen molar-refractivity contribution in [3.8, 4) is 63.3 Å². The highest BCUT2D eigenvalue weighted by Gasteiger charge is 2.31. The Kier molecular flexibility index (Phi) is 13.2. The Hall–Kier alpha value is -5.97. The Balaban J connectivity index is 0.000000181. The van der Waals surface area contributed by atoms with Crippen LogP contribution >= 0.6 is 0 Å². The van der Waals surface area contributed by atoms with E-state index in [9.17, 15) is 22.1 Å². The third-order valence-corrected chi connectivity index (χ3v) is 14.0. The first-order valence-corrected chi connectivity index (χ1v) is 25.2. The van der Waals surface area contributed by atoms with Crippen molar-refractivity contribution in [1.29, 1.82) is 5.26 Å². The normalized spacial score (nSPS) is 17.0. The third-order valence-electron chi connectivity index (χ3n) is 11.5. The molecule has 0 bridgehead atoms. The number of hydrogen-bond donors (Lipinski definition) is 2. The number of likely N-dealkylation sites (tertiary alicyclic amines) is 1. The van der Waals surface area contributed by atoms with Crippen LogP contribution in [0.2, 0.25) is 0 Å². The summed E-state index contributed by atoms with van der Waals surface area (Å²) in [6.07, 6.45) is 5.26. The molecule has 2 aliphatic carbocycles. The van der Waals surface area contributed by atoms with E-state index in [2.05, 4.69) is 36.0 Å². The molecule has 18 heteroatoms. The monoisotopic (exact) mass is 920 g/mol. The molecule has 3 heterocycles. The Labute approximate surface area is 379 Å². The van der Waals surface area contributed by atoms with Gasteiger partial charge in [-0.3, -0.25) is 0 Å². The van der Waals surface area contributed by atoms with Crippen LogP contribution in [0.25, 0.3) is 45.7 Å². The molecule has 16 nitrogen and oxygen atoms in total. The maximum atomic E-state index is 12.7. The van der Waals surface area contributed by atoms with Crippen LogP contribution in [0.4, 0.5) is 0 Å². The molecule has 3 aliphatic rings. The van der Waals surface area contributed by atoms with Gasteiger partial charge in [-0.15, -0.1) is 0 Å². The molecule has 0 unspecified atom stereocenters. The van der Waals surface area contributed by atoms with Crippen molar-refractivity contribution in [2.24, 2.45) is 5.73 Å². The molecule has 2 atom stereocenters. The second-order valence-electron chi connectivity index (χ2n) is 17.1. The number of sulfone groups is 1. The smallest absolute Gasteiger partial charge is 0.258 e. The lowest BCUT2D eigenvalue weighted by Crippen LogP contribution is -2.42. The quantitative estimate of drug-likeness (QED) is 0.110. The van der Waals surface area contributed by atoms with Crippen molar-refractivity contribution < 1.29 is 35.4 Å². The van der Waals surface area contributed by atoms with E-state index in [4.69, 9.17) is 24.3 Å². The van der Waals surface area contributed by atoms with Gasteiger partial charge in [-0.25, -0.2) is 21.6 Å². The number of nitrogens with two attached hydrogens (primary N) is 1. The Bertz CT molecular complexity index is 2970. The van der Waals surface area contributed by atoms with Gasteiger partial charge in [0.25, 0.3) is 11.8 Å². The molecule has 4 aromatic carbocycles. The summed E-state index contributed by atoms with van der Waals surface area (Å²) < 4.78 is 75.1. The molecule has 3 N–H and O–H groups in total. The second-order valence-corrected chi connectivity index (χ2v) is 20.9. The maximum absolute atomic E-state index is 12.7. The van der Waals surface area contributed by atoms with Crippen LogP contribution in [0.5, 0.6) is 11.5 Å². The fourth-order valence-electron chi connectivity index (χ4n) is 8.30. The lowest BCUT2D eigenvalue weighted by Gasteiger charge is -2.30. The first kappa shape index (κ1) is 45.6. The average molecular weight is 921 g/mol. The van der Waals surface area contributed by atoms with E-state index in [1.165, 1.54) is 6.07 Å². The zero-order chi connectivity index (χ0) is 46.0. The summed E-state index contributed by atoms with van der Waals surface area (Å²) in [6.45, 7) is 10.0. The molecule has 0 spiro atoms. The first-order chi connectivity index (χ1) is 31.1. The fraction of sp³-hybridized carbons (Fsp3) is 0.383. The second kappa shape index (κ2) is 18.9. The number of rotatable bonds is 14. The summed E-state index contributed by atoms with van der Waals surface area (Å²) in [7, 11) is -6.88. The van der Waals surface area contributed by atoms with Gasteiger partial charge in [-0.2, -0.15) is 15.2 Å². The Morgan fingerprint density at radius 1 is 0.800 bits per heavy atom. The SMILES string of the molecule is CC(C)Oc1ccc(-c2nc(-c3cccc4c3CC[C@@H]4NS(=O)(=O)CCN3CCC3)no2)cc1C#N.CC(C)Oc1ccc(-c2nc(-c3cccc4c3CC[C@H]4N)no2)cc1S(C)(=O)=O. The largest absolute Gasteiger partial charge is 0.490 e. The van der Waals surface area contributed by atoms with E-state index in [1.807, 2.05) is 64.1 Å². The van der Waals surface area contributed by atoms with Crippen LogP contribution in [0, 0.1) is 11.3 Å². The number of nitrogens with zero attached hydrogens (tertiary/aromatic N) is 6. The van der Waals surface area contributed by atoms with E-state index >= 15 is 0 Å². The lowest BCUT2D eigenvalue weighted by molar-refractivity contribution is 0.193. The van der Waals surface area contributed by atoms with Crippen LogP contribution in [0.15, 0.2) is 86.7 Å². The minimum Gasteiger partial charge on any atom is -0.490 e. The summed E-state index contributed by atoms with van der Waals surface area (Å²) in [5.74, 6) is 2.38. The van der Waals surface area contributed by atoms with Crippen LogP contribution in [0.1, 0.15) is 86.9 Å². The van der Waals surface area contributed by atoms with E-state index in [0.717, 1.165) is 72.0 Å². The van der Waals surface area contributed by atoms with Crippen LogP contribution in [0.3, 0.4) is 0 Å². The van der Waals surface area contributed by atoms with E-state index in [0.29, 0.717) is 65.1 Å². The summed E-state index contributed by atoms with van der Waals surface area (Å²) in [5.41, 5.74) is 13.7. The predicted molar refractivity (Wildman–Crippen MR) is 244 cm³/mol. The standard InChI is InChI=1S/C26H29N5O4S.C21H23N3O4S/c1-17(2)34-24-10-7-18(15-19(24)16-27)26-28-25(29-35-26)22-6-3-5-21-20(22)8-9-23(21)30-36(32,33)14-13-31-11-4-12-31;1-12(2)27-18-10-7-13(11-19(18)29(3,25)26)21-23-20(24-28-21)16-6-4-5-15-14(16)8-9-17(15)22/h3,5-7,10,15,17,23,30H,4,8-9,11-14H2,1-2H3;4-7,10-12,17H,8-9,22H2,1-3H3/t23-;17-/m01/s1. The van der Waals surface area contributed by atoms with Gasteiger partial charge in [0.05, 0.1) is 23.5 Å². The summed E-state index contributed by atoms with van der Waals surface area (Å²) in [4.78, 5) is 11.3. The van der Waals surface area contributed by atoms with E-state index in [1.54, 1.807) is 30.3 Å². The first-order valence-electron chi connectivity index (χ1n) is 21.7. The third kappa shape index (κ3) is 10.3. The van der Waals surface area contributed by atoms with Crippen molar-refractivity contribution in [1.82, 2.24) is 29.9 Å². The molecular formula is C47H52N8O8S2. The van der Waals surface area contributed by atoms with Crippen molar-refractivity contribution in [2.45, 2.75) is 89.0 Å². The molecule has 1 saturated heterocycles. The van der Waals surface area contributed by atoms with E-state index < -0.39 is 19.9 Å². The van der Waals surface area contributed by atoms with Crippen molar-refractivity contribution in [3.63, 3.8) is 0 Å². The summed E-state index contributed by atoms with van der Waals surface area (Å²) in [6, 6.07) is 23.7.